The molecule has 6 heteroatoms. The van der Waals surface area contributed by atoms with Crippen molar-refractivity contribution in [2.45, 2.75) is 65.2 Å². The molecule has 162 valence electrons. The highest BCUT2D eigenvalue weighted by molar-refractivity contribution is 7.17. The van der Waals surface area contributed by atoms with Crippen LogP contribution < -0.4 is 10.1 Å². The van der Waals surface area contributed by atoms with E-state index in [1.54, 1.807) is 6.92 Å². The summed E-state index contributed by atoms with van der Waals surface area (Å²) in [4.78, 5) is 26.0. The third kappa shape index (κ3) is 5.42. The van der Waals surface area contributed by atoms with E-state index in [0.29, 0.717) is 36.6 Å². The molecule has 0 radical (unpaired) electrons. The summed E-state index contributed by atoms with van der Waals surface area (Å²) in [5.41, 5.74) is 2.98. The predicted octanol–water partition coefficient (Wildman–Crippen LogP) is 5.51. The van der Waals surface area contributed by atoms with Gasteiger partial charge < -0.3 is 14.8 Å². The number of thiophene rings is 1. The third-order valence-electron chi connectivity index (χ3n) is 5.19. The van der Waals surface area contributed by atoms with E-state index in [0.717, 1.165) is 30.6 Å². The molecule has 0 unspecified atom stereocenters. The summed E-state index contributed by atoms with van der Waals surface area (Å²) < 4.78 is 11.0. The zero-order valence-electron chi connectivity index (χ0n) is 18.3. The van der Waals surface area contributed by atoms with Crippen molar-refractivity contribution in [2.24, 2.45) is 0 Å². The van der Waals surface area contributed by atoms with E-state index in [1.165, 1.54) is 21.8 Å². The number of fused-ring (bicyclic) bond motifs is 1. The number of aryl methyl sites for hydroxylation is 1. The SMILES string of the molecule is CCOC(=O)c1c(NC(=O)CCCOc2ccc(C(C)(C)C)cc2)sc2c1CCC2. The predicted molar refractivity (Wildman–Crippen MR) is 121 cm³/mol. The summed E-state index contributed by atoms with van der Waals surface area (Å²) in [6, 6.07) is 8.10. The first-order chi connectivity index (χ1) is 14.3. The fourth-order valence-corrected chi connectivity index (χ4v) is 4.87. The molecule has 0 aliphatic heterocycles. The zero-order valence-corrected chi connectivity index (χ0v) is 19.1. The van der Waals surface area contributed by atoms with E-state index in [1.807, 2.05) is 12.1 Å². The van der Waals surface area contributed by atoms with Gasteiger partial charge in [-0.2, -0.15) is 0 Å². The van der Waals surface area contributed by atoms with Crippen molar-refractivity contribution < 1.29 is 19.1 Å². The van der Waals surface area contributed by atoms with Crippen LogP contribution in [0.25, 0.3) is 0 Å². The molecule has 1 amide bonds. The summed E-state index contributed by atoms with van der Waals surface area (Å²) in [6.07, 6.45) is 3.83. The Hall–Kier alpha value is -2.34. The van der Waals surface area contributed by atoms with Crippen LogP contribution in [0.2, 0.25) is 0 Å². The topological polar surface area (TPSA) is 64.6 Å². The number of esters is 1. The standard InChI is InChI=1S/C24H31NO4S/c1-5-28-23(27)21-18-8-6-9-19(18)30-22(21)25-20(26)10-7-15-29-17-13-11-16(12-14-17)24(2,3)4/h11-14H,5-10,15H2,1-4H3,(H,25,26). The van der Waals surface area contributed by atoms with Crippen LogP contribution in [0.5, 0.6) is 5.75 Å². The van der Waals surface area contributed by atoms with Gasteiger partial charge in [-0.3, -0.25) is 4.79 Å². The molecule has 1 aromatic carbocycles. The molecule has 1 heterocycles. The highest BCUT2D eigenvalue weighted by Gasteiger charge is 2.28. The number of ether oxygens (including phenoxy) is 2. The first-order valence-electron chi connectivity index (χ1n) is 10.6. The Kier molecular flexibility index (Phi) is 7.19. The Bertz CT molecular complexity index is 893. The number of carbonyl (C=O) groups is 2. The van der Waals surface area contributed by atoms with Crippen molar-refractivity contribution >= 4 is 28.2 Å². The van der Waals surface area contributed by atoms with Crippen LogP contribution in [0.3, 0.4) is 0 Å². The van der Waals surface area contributed by atoms with Crippen LogP contribution in [0, 0.1) is 0 Å². The van der Waals surface area contributed by atoms with E-state index in [-0.39, 0.29) is 17.3 Å². The van der Waals surface area contributed by atoms with Gasteiger partial charge in [-0.15, -0.1) is 11.3 Å². The van der Waals surface area contributed by atoms with Crippen LogP contribution in [-0.4, -0.2) is 25.1 Å². The van der Waals surface area contributed by atoms with Crippen LogP contribution in [-0.2, 0) is 27.8 Å². The van der Waals surface area contributed by atoms with Crippen molar-refractivity contribution in [3.8, 4) is 5.75 Å². The van der Waals surface area contributed by atoms with Crippen molar-refractivity contribution in [2.75, 3.05) is 18.5 Å². The van der Waals surface area contributed by atoms with Crippen LogP contribution in [0.15, 0.2) is 24.3 Å². The van der Waals surface area contributed by atoms with Gasteiger partial charge >= 0.3 is 5.97 Å². The van der Waals surface area contributed by atoms with E-state index in [9.17, 15) is 9.59 Å². The smallest absolute Gasteiger partial charge is 0.341 e. The normalized spacial score (nSPS) is 13.1. The number of hydrogen-bond donors (Lipinski definition) is 1. The van der Waals surface area contributed by atoms with Gasteiger partial charge in [0.2, 0.25) is 5.91 Å². The second-order valence-corrected chi connectivity index (χ2v) is 9.66. The van der Waals surface area contributed by atoms with Gasteiger partial charge in [0, 0.05) is 11.3 Å². The van der Waals surface area contributed by atoms with Gasteiger partial charge in [-0.05, 0) is 61.3 Å². The fourth-order valence-electron chi connectivity index (χ4n) is 3.57. The molecule has 30 heavy (non-hydrogen) atoms. The molecule has 0 fully saturated rings. The minimum absolute atomic E-state index is 0.104. The van der Waals surface area contributed by atoms with Gasteiger partial charge in [-0.1, -0.05) is 32.9 Å². The summed E-state index contributed by atoms with van der Waals surface area (Å²) in [7, 11) is 0. The molecule has 0 bridgehead atoms. The lowest BCUT2D eigenvalue weighted by atomic mass is 9.87. The maximum Gasteiger partial charge on any atom is 0.341 e. The molecular formula is C24H31NO4S. The maximum atomic E-state index is 12.4. The molecule has 0 saturated carbocycles. The Morgan fingerprint density at radius 1 is 1.13 bits per heavy atom. The Morgan fingerprint density at radius 3 is 2.53 bits per heavy atom. The van der Waals surface area contributed by atoms with Gasteiger partial charge in [0.1, 0.15) is 10.8 Å². The molecule has 1 aromatic heterocycles. The Balaban J connectivity index is 1.50. The first-order valence-corrected chi connectivity index (χ1v) is 11.5. The van der Waals surface area contributed by atoms with Crippen molar-refractivity contribution in [3.63, 3.8) is 0 Å². The number of hydrogen-bond acceptors (Lipinski definition) is 5. The van der Waals surface area contributed by atoms with Gasteiger partial charge in [0.25, 0.3) is 0 Å². The lowest BCUT2D eigenvalue weighted by Gasteiger charge is -2.19. The quantitative estimate of drug-likeness (QED) is 0.444. The third-order valence-corrected chi connectivity index (χ3v) is 6.40. The molecular weight excluding hydrogens is 398 g/mol. The van der Waals surface area contributed by atoms with Gasteiger partial charge in [0.15, 0.2) is 0 Å². The summed E-state index contributed by atoms with van der Waals surface area (Å²) >= 11 is 1.51. The molecule has 1 aliphatic carbocycles. The van der Waals surface area contributed by atoms with Crippen LogP contribution in [0.1, 0.15) is 73.3 Å². The monoisotopic (exact) mass is 429 g/mol. The number of anilines is 1. The van der Waals surface area contributed by atoms with Gasteiger partial charge in [0.05, 0.1) is 18.8 Å². The summed E-state index contributed by atoms with van der Waals surface area (Å²) in [6.45, 7) is 9.11. The molecule has 2 aromatic rings. The van der Waals surface area contributed by atoms with Crippen LogP contribution >= 0.6 is 11.3 Å². The Morgan fingerprint density at radius 2 is 1.87 bits per heavy atom. The Labute approximate surface area is 182 Å². The fraction of sp³-hybridized carbons (Fsp3) is 0.500. The largest absolute Gasteiger partial charge is 0.494 e. The van der Waals surface area contributed by atoms with E-state index in [4.69, 9.17) is 9.47 Å². The summed E-state index contributed by atoms with van der Waals surface area (Å²) in [5.74, 6) is 0.365. The van der Waals surface area contributed by atoms with Crippen LogP contribution in [0.4, 0.5) is 5.00 Å². The molecule has 3 rings (SSSR count). The molecule has 5 nitrogen and oxygen atoms in total. The lowest BCUT2D eigenvalue weighted by Crippen LogP contribution is -2.15. The zero-order chi connectivity index (χ0) is 21.7. The van der Waals surface area contributed by atoms with E-state index < -0.39 is 0 Å². The van der Waals surface area contributed by atoms with E-state index >= 15 is 0 Å². The van der Waals surface area contributed by atoms with Gasteiger partial charge in [-0.25, -0.2) is 4.79 Å². The molecule has 1 aliphatic rings. The molecule has 0 saturated heterocycles. The molecule has 0 atom stereocenters. The van der Waals surface area contributed by atoms with Crippen molar-refractivity contribution in [1.29, 1.82) is 0 Å². The highest BCUT2D eigenvalue weighted by atomic mass is 32.1. The average molecular weight is 430 g/mol. The average Bonchev–Trinajstić information content (AvgIpc) is 3.25. The minimum Gasteiger partial charge on any atom is -0.494 e. The number of rotatable bonds is 8. The second kappa shape index (κ2) is 9.65. The number of benzene rings is 1. The second-order valence-electron chi connectivity index (χ2n) is 8.56. The lowest BCUT2D eigenvalue weighted by molar-refractivity contribution is -0.116. The maximum absolute atomic E-state index is 12.4. The van der Waals surface area contributed by atoms with Crippen molar-refractivity contribution in [1.82, 2.24) is 0 Å². The van der Waals surface area contributed by atoms with Crippen molar-refractivity contribution in [3.05, 3.63) is 45.8 Å². The summed E-state index contributed by atoms with van der Waals surface area (Å²) in [5, 5.41) is 3.55. The number of nitrogens with one attached hydrogen (secondary N) is 1. The molecule has 1 N–H and O–H groups in total. The number of amides is 1. The first kappa shape index (κ1) is 22.3. The number of carbonyl (C=O) groups excluding carboxylic acids is 2. The minimum atomic E-state index is -0.339. The van der Waals surface area contributed by atoms with E-state index in [2.05, 4.69) is 38.2 Å². The molecule has 0 spiro atoms. The highest BCUT2D eigenvalue weighted by Crippen LogP contribution is 2.39.